The van der Waals surface area contributed by atoms with Crippen LogP contribution in [0.2, 0.25) is 0 Å². The van der Waals surface area contributed by atoms with Gasteiger partial charge in [0.05, 0.1) is 11.7 Å². The van der Waals surface area contributed by atoms with Gasteiger partial charge in [-0.05, 0) is 60.7 Å². The number of amides is 1. The first kappa shape index (κ1) is 17.9. The topological polar surface area (TPSA) is 46.8 Å². The summed E-state index contributed by atoms with van der Waals surface area (Å²) >= 11 is 1.72. The van der Waals surface area contributed by atoms with Crippen molar-refractivity contribution in [3.63, 3.8) is 0 Å². The average molecular weight is 404 g/mol. The molecule has 5 rings (SSSR count). The summed E-state index contributed by atoms with van der Waals surface area (Å²) in [5.74, 6) is 0.822. The minimum atomic E-state index is 0.0906. The van der Waals surface area contributed by atoms with E-state index in [2.05, 4.69) is 22.5 Å². The Kier molecular flexibility index (Phi) is 4.77. The van der Waals surface area contributed by atoms with Crippen molar-refractivity contribution in [1.29, 1.82) is 0 Å². The third-order valence-electron chi connectivity index (χ3n) is 5.29. The molecule has 3 aromatic heterocycles. The summed E-state index contributed by atoms with van der Waals surface area (Å²) in [6, 6.07) is 17.7. The van der Waals surface area contributed by atoms with Crippen LogP contribution in [0.4, 0.5) is 0 Å². The van der Waals surface area contributed by atoms with Crippen molar-refractivity contribution in [1.82, 2.24) is 14.3 Å². The Balaban J connectivity index is 1.25. The lowest BCUT2D eigenvalue weighted by molar-refractivity contribution is 0.0738. The smallest absolute Gasteiger partial charge is 0.254 e. The SMILES string of the molecule is O=C(c1ccc(OCc2cn3ccccc3n2)cc1)N1CCCC1c1cccs1. The van der Waals surface area contributed by atoms with Crippen molar-refractivity contribution < 1.29 is 9.53 Å². The van der Waals surface area contributed by atoms with Crippen LogP contribution in [0.15, 0.2) is 72.4 Å². The molecule has 0 N–H and O–H groups in total. The van der Waals surface area contributed by atoms with Gasteiger partial charge in [-0.25, -0.2) is 4.98 Å². The van der Waals surface area contributed by atoms with Crippen molar-refractivity contribution in [2.45, 2.75) is 25.5 Å². The molecule has 0 bridgehead atoms. The fourth-order valence-electron chi connectivity index (χ4n) is 3.86. The minimum Gasteiger partial charge on any atom is -0.487 e. The van der Waals surface area contributed by atoms with Gasteiger partial charge < -0.3 is 14.0 Å². The Bertz CT molecular complexity index is 1090. The number of likely N-dealkylation sites (tertiary alicyclic amines) is 1. The lowest BCUT2D eigenvalue weighted by Crippen LogP contribution is -2.30. The molecule has 1 saturated heterocycles. The lowest BCUT2D eigenvalue weighted by atomic mass is 10.1. The third kappa shape index (κ3) is 3.63. The summed E-state index contributed by atoms with van der Waals surface area (Å²) in [7, 11) is 0. The zero-order chi connectivity index (χ0) is 19.6. The van der Waals surface area contributed by atoms with E-state index in [-0.39, 0.29) is 11.9 Å². The number of hydrogen-bond acceptors (Lipinski definition) is 4. The van der Waals surface area contributed by atoms with Crippen molar-refractivity contribution in [3.8, 4) is 5.75 Å². The number of fused-ring (bicyclic) bond motifs is 1. The molecule has 1 unspecified atom stereocenters. The molecular formula is C23H21N3O2S. The van der Waals surface area contributed by atoms with E-state index in [1.807, 2.05) is 64.2 Å². The Morgan fingerprint density at radius 1 is 1.14 bits per heavy atom. The van der Waals surface area contributed by atoms with Gasteiger partial charge in [0.25, 0.3) is 5.91 Å². The minimum absolute atomic E-state index is 0.0906. The molecule has 1 aromatic carbocycles. The molecule has 6 heteroatoms. The molecule has 0 aliphatic carbocycles. The molecule has 1 aliphatic rings. The number of pyridine rings is 1. The largest absolute Gasteiger partial charge is 0.487 e. The first-order valence-electron chi connectivity index (χ1n) is 9.78. The van der Waals surface area contributed by atoms with Gasteiger partial charge >= 0.3 is 0 Å². The van der Waals surface area contributed by atoms with E-state index in [4.69, 9.17) is 4.74 Å². The van der Waals surface area contributed by atoms with E-state index in [9.17, 15) is 4.79 Å². The van der Waals surface area contributed by atoms with Gasteiger partial charge in [0, 0.05) is 29.4 Å². The number of rotatable bonds is 5. The van der Waals surface area contributed by atoms with E-state index >= 15 is 0 Å². The van der Waals surface area contributed by atoms with E-state index in [0.29, 0.717) is 12.2 Å². The molecule has 146 valence electrons. The number of thiophene rings is 1. The molecule has 0 radical (unpaired) electrons. The first-order valence-corrected chi connectivity index (χ1v) is 10.7. The Labute approximate surface area is 173 Å². The fraction of sp³-hybridized carbons (Fsp3) is 0.217. The van der Waals surface area contributed by atoms with Crippen molar-refractivity contribution in [3.05, 3.63) is 88.5 Å². The average Bonchev–Trinajstić information content (AvgIpc) is 3.51. The van der Waals surface area contributed by atoms with Gasteiger partial charge in [-0.1, -0.05) is 12.1 Å². The van der Waals surface area contributed by atoms with E-state index < -0.39 is 0 Å². The molecule has 1 fully saturated rings. The molecule has 4 aromatic rings. The number of ether oxygens (including phenoxy) is 1. The number of hydrogen-bond donors (Lipinski definition) is 0. The first-order chi connectivity index (χ1) is 14.3. The standard InChI is InChI=1S/C23H21N3O2S/c27-23(26-13-3-5-20(26)21-6-4-14-29-21)17-8-10-19(11-9-17)28-16-18-15-25-12-2-1-7-22(25)24-18/h1-2,4,6-12,14-15,20H,3,5,13,16H2. The highest BCUT2D eigenvalue weighted by atomic mass is 32.1. The molecule has 0 saturated carbocycles. The van der Waals surface area contributed by atoms with Crippen LogP contribution in [0.3, 0.4) is 0 Å². The van der Waals surface area contributed by atoms with Gasteiger partial charge in [-0.15, -0.1) is 11.3 Å². The molecule has 0 spiro atoms. The summed E-state index contributed by atoms with van der Waals surface area (Å²) in [6.07, 6.45) is 6.01. The highest BCUT2D eigenvalue weighted by Crippen LogP contribution is 2.35. The molecule has 5 nitrogen and oxygen atoms in total. The van der Waals surface area contributed by atoms with Crippen LogP contribution in [0.25, 0.3) is 5.65 Å². The second-order valence-corrected chi connectivity index (χ2v) is 8.16. The normalized spacial score (nSPS) is 16.4. The highest BCUT2D eigenvalue weighted by Gasteiger charge is 2.31. The van der Waals surface area contributed by atoms with Gasteiger partial charge in [0.1, 0.15) is 18.0 Å². The van der Waals surface area contributed by atoms with Crippen molar-refractivity contribution in [2.75, 3.05) is 6.54 Å². The quantitative estimate of drug-likeness (QED) is 0.474. The summed E-state index contributed by atoms with van der Waals surface area (Å²) in [5.41, 5.74) is 2.47. The number of aromatic nitrogens is 2. The summed E-state index contributed by atoms with van der Waals surface area (Å²) in [6.45, 7) is 1.20. The Hall–Kier alpha value is -3.12. The van der Waals surface area contributed by atoms with Crippen LogP contribution in [0.5, 0.6) is 5.75 Å². The van der Waals surface area contributed by atoms with Crippen LogP contribution in [0, 0.1) is 0 Å². The monoisotopic (exact) mass is 403 g/mol. The number of nitrogens with zero attached hydrogens (tertiary/aromatic N) is 3. The van der Waals surface area contributed by atoms with Crippen molar-refractivity contribution in [2.24, 2.45) is 0 Å². The maximum atomic E-state index is 13.0. The summed E-state index contributed by atoms with van der Waals surface area (Å²) < 4.78 is 7.84. The van der Waals surface area contributed by atoms with Gasteiger partial charge in [0.2, 0.25) is 0 Å². The number of imidazole rings is 1. The van der Waals surface area contributed by atoms with E-state index in [0.717, 1.165) is 36.5 Å². The summed E-state index contributed by atoms with van der Waals surface area (Å²) in [4.78, 5) is 20.8. The highest BCUT2D eigenvalue weighted by molar-refractivity contribution is 7.10. The molecule has 4 heterocycles. The second kappa shape index (κ2) is 7.72. The maximum absolute atomic E-state index is 13.0. The van der Waals surface area contributed by atoms with Gasteiger partial charge in [-0.3, -0.25) is 4.79 Å². The van der Waals surface area contributed by atoms with Crippen LogP contribution in [-0.4, -0.2) is 26.7 Å². The van der Waals surface area contributed by atoms with Crippen molar-refractivity contribution >= 4 is 22.9 Å². The van der Waals surface area contributed by atoms with Crippen LogP contribution in [-0.2, 0) is 6.61 Å². The number of carbonyl (C=O) groups is 1. The third-order valence-corrected chi connectivity index (χ3v) is 6.26. The molecule has 1 aliphatic heterocycles. The summed E-state index contributed by atoms with van der Waals surface area (Å²) in [5, 5.41) is 2.07. The zero-order valence-electron chi connectivity index (χ0n) is 15.9. The van der Waals surface area contributed by atoms with Crippen LogP contribution in [0.1, 0.15) is 39.8 Å². The maximum Gasteiger partial charge on any atom is 0.254 e. The van der Waals surface area contributed by atoms with E-state index in [1.165, 1.54) is 4.88 Å². The Morgan fingerprint density at radius 3 is 2.83 bits per heavy atom. The fourth-order valence-corrected chi connectivity index (χ4v) is 4.73. The lowest BCUT2D eigenvalue weighted by Gasteiger charge is -2.24. The number of carbonyl (C=O) groups excluding carboxylic acids is 1. The van der Waals surface area contributed by atoms with Gasteiger partial charge in [0.15, 0.2) is 0 Å². The molecule has 29 heavy (non-hydrogen) atoms. The van der Waals surface area contributed by atoms with Gasteiger partial charge in [-0.2, -0.15) is 0 Å². The van der Waals surface area contributed by atoms with Crippen LogP contribution >= 0.6 is 11.3 Å². The zero-order valence-corrected chi connectivity index (χ0v) is 16.7. The Morgan fingerprint density at radius 2 is 2.03 bits per heavy atom. The molecule has 1 amide bonds. The van der Waals surface area contributed by atoms with E-state index in [1.54, 1.807) is 11.3 Å². The predicted octanol–water partition coefficient (Wildman–Crippen LogP) is 4.95. The van der Waals surface area contributed by atoms with Crippen LogP contribution < -0.4 is 4.74 Å². The number of benzene rings is 1. The molecule has 1 atom stereocenters. The predicted molar refractivity (Wildman–Crippen MR) is 113 cm³/mol. The molecular weight excluding hydrogens is 382 g/mol. The second-order valence-electron chi connectivity index (χ2n) is 7.18.